The van der Waals surface area contributed by atoms with Crippen LogP contribution in [0.25, 0.3) is 0 Å². The molecule has 1 aliphatic rings. The first-order valence-corrected chi connectivity index (χ1v) is 4.86. The van der Waals surface area contributed by atoms with Crippen molar-refractivity contribution in [3.8, 4) is 0 Å². The molecule has 0 radical (unpaired) electrons. The Labute approximate surface area is 70.5 Å². The van der Waals surface area contributed by atoms with Gasteiger partial charge in [-0.15, -0.1) is 5.98 Å². The molecule has 0 aromatic carbocycles. The zero-order valence-corrected chi connectivity index (χ0v) is 7.31. The van der Waals surface area contributed by atoms with Gasteiger partial charge in [0.15, 0.2) is 0 Å². The van der Waals surface area contributed by atoms with Gasteiger partial charge in [-0.05, 0) is 25.8 Å². The minimum atomic E-state index is 1.07. The molecular formula is C9H18BN. The van der Waals surface area contributed by atoms with E-state index in [1.165, 1.54) is 45.1 Å². The second kappa shape index (κ2) is 6.47. The summed E-state index contributed by atoms with van der Waals surface area (Å²) in [5, 5.41) is 3.40. The van der Waals surface area contributed by atoms with E-state index in [1.807, 2.05) is 0 Å². The molecule has 2 heteroatoms. The summed E-state index contributed by atoms with van der Waals surface area (Å²) in [7, 11) is 1.07. The van der Waals surface area contributed by atoms with Crippen molar-refractivity contribution < 1.29 is 0 Å². The molecule has 11 heavy (non-hydrogen) atoms. The Balaban J connectivity index is 2.11. The summed E-state index contributed by atoms with van der Waals surface area (Å²) in [6, 6.07) is 0. The third-order valence-corrected chi connectivity index (χ3v) is 2.15. The van der Waals surface area contributed by atoms with Gasteiger partial charge in [0.25, 0.3) is 0 Å². The maximum Gasteiger partial charge on any atom is 0.227 e. The molecule has 0 unspecified atom stereocenters. The minimum absolute atomic E-state index is 1.07. The van der Waals surface area contributed by atoms with E-state index in [0.29, 0.717) is 0 Å². The lowest BCUT2D eigenvalue weighted by Gasteiger charge is -1.99. The molecule has 1 N–H and O–H groups in total. The van der Waals surface area contributed by atoms with Crippen LogP contribution >= 0.6 is 0 Å². The second-order valence-electron chi connectivity index (χ2n) is 3.23. The normalized spacial score (nSPS) is 24.7. The molecule has 1 aliphatic heterocycles. The maximum absolute atomic E-state index is 3.40. The average molecular weight is 151 g/mol. The highest BCUT2D eigenvalue weighted by Gasteiger charge is 1.92. The predicted molar refractivity (Wildman–Crippen MR) is 52.0 cm³/mol. The lowest BCUT2D eigenvalue weighted by Crippen LogP contribution is -2.18. The van der Waals surface area contributed by atoms with E-state index in [-0.39, 0.29) is 0 Å². The fourth-order valence-electron chi connectivity index (χ4n) is 1.43. The summed E-state index contributed by atoms with van der Waals surface area (Å²) in [6.07, 6.45) is 10.6. The third-order valence-electron chi connectivity index (χ3n) is 2.15. The molecule has 62 valence electrons. The molecule has 0 fully saturated rings. The first kappa shape index (κ1) is 8.86. The summed E-state index contributed by atoms with van der Waals surface area (Å²) in [5.41, 5.74) is 0. The summed E-state index contributed by atoms with van der Waals surface area (Å²) >= 11 is 0. The van der Waals surface area contributed by atoms with Gasteiger partial charge >= 0.3 is 0 Å². The Bertz CT molecular complexity index is 100. The van der Waals surface area contributed by atoms with E-state index in [9.17, 15) is 0 Å². The molecule has 0 aromatic rings. The van der Waals surface area contributed by atoms with Gasteiger partial charge in [-0.25, -0.2) is 0 Å². The van der Waals surface area contributed by atoms with E-state index in [2.05, 4.69) is 17.3 Å². The van der Waals surface area contributed by atoms with Gasteiger partial charge < -0.3 is 5.23 Å². The van der Waals surface area contributed by atoms with Gasteiger partial charge in [-0.3, -0.25) is 0 Å². The molecule has 0 saturated carbocycles. The van der Waals surface area contributed by atoms with Crippen LogP contribution < -0.4 is 5.23 Å². The Hall–Kier alpha value is -0.235. The highest BCUT2D eigenvalue weighted by atomic mass is 14.7. The van der Waals surface area contributed by atoms with Gasteiger partial charge in [0.2, 0.25) is 7.41 Å². The van der Waals surface area contributed by atoms with E-state index >= 15 is 0 Å². The monoisotopic (exact) mass is 151 g/mol. The smallest absolute Gasteiger partial charge is 0.227 e. The van der Waals surface area contributed by atoms with Crippen molar-refractivity contribution in [2.45, 2.75) is 38.5 Å². The van der Waals surface area contributed by atoms with Crippen molar-refractivity contribution >= 4 is 7.41 Å². The minimum Gasteiger partial charge on any atom is -0.355 e. The van der Waals surface area contributed by atoms with E-state index in [4.69, 9.17) is 0 Å². The molecule has 1 nitrogen and oxygen atoms in total. The number of hydrogen-bond donors (Lipinski definition) is 1. The highest BCUT2D eigenvalue weighted by Crippen LogP contribution is 2.05. The first-order valence-electron chi connectivity index (χ1n) is 4.86. The van der Waals surface area contributed by atoms with Gasteiger partial charge in [-0.1, -0.05) is 25.3 Å². The summed E-state index contributed by atoms with van der Waals surface area (Å²) in [4.78, 5) is 0. The standard InChI is InChI=1S/C9H18BN/c1-2-4-6-8-10-11-9-7-5-3-1/h6,8,10-11H,1-5,7,9H2/b8-6-. The molecule has 1 rings (SSSR count). The average Bonchev–Trinajstić information content (AvgIpc) is 2.08. The molecule has 0 atom stereocenters. The van der Waals surface area contributed by atoms with Gasteiger partial charge in [-0.2, -0.15) is 0 Å². The number of hydrogen-bond acceptors (Lipinski definition) is 1. The lowest BCUT2D eigenvalue weighted by atomic mass is 9.93. The van der Waals surface area contributed by atoms with E-state index < -0.39 is 0 Å². The Morgan fingerprint density at radius 3 is 2.82 bits per heavy atom. The summed E-state index contributed by atoms with van der Waals surface area (Å²) in [5.74, 6) is 2.26. The molecule has 0 aliphatic carbocycles. The Morgan fingerprint density at radius 1 is 1.00 bits per heavy atom. The van der Waals surface area contributed by atoms with Crippen LogP contribution in [0.4, 0.5) is 0 Å². The summed E-state index contributed by atoms with van der Waals surface area (Å²) in [6.45, 7) is 1.20. The first-order chi connectivity index (χ1) is 5.50. The fourth-order valence-corrected chi connectivity index (χ4v) is 1.43. The zero-order chi connectivity index (χ0) is 7.78. The number of allylic oxidation sites excluding steroid dienone is 1. The maximum atomic E-state index is 3.40. The molecule has 1 heterocycles. The quantitative estimate of drug-likeness (QED) is 0.520. The van der Waals surface area contributed by atoms with E-state index in [0.717, 1.165) is 7.41 Å². The molecule has 0 saturated heterocycles. The van der Waals surface area contributed by atoms with Crippen LogP contribution in [0.15, 0.2) is 12.1 Å². The molecule has 0 amide bonds. The summed E-state index contributed by atoms with van der Waals surface area (Å²) < 4.78 is 0. The Kier molecular flexibility index (Phi) is 5.21. The van der Waals surface area contributed by atoms with Crippen LogP contribution in [0, 0.1) is 0 Å². The lowest BCUT2D eigenvalue weighted by molar-refractivity contribution is 0.616. The van der Waals surface area contributed by atoms with Crippen LogP contribution in [-0.2, 0) is 0 Å². The SMILES string of the molecule is B1/C=C\CCCCCCCN1. The van der Waals surface area contributed by atoms with Crippen LogP contribution in [-0.4, -0.2) is 14.0 Å². The van der Waals surface area contributed by atoms with Crippen molar-refractivity contribution in [3.05, 3.63) is 12.1 Å². The van der Waals surface area contributed by atoms with Crippen molar-refractivity contribution in [2.24, 2.45) is 0 Å². The Morgan fingerprint density at radius 2 is 1.82 bits per heavy atom. The van der Waals surface area contributed by atoms with Crippen molar-refractivity contribution in [1.82, 2.24) is 5.23 Å². The number of nitrogens with one attached hydrogen (secondary N) is 1. The van der Waals surface area contributed by atoms with Gasteiger partial charge in [0.05, 0.1) is 0 Å². The van der Waals surface area contributed by atoms with Crippen LogP contribution in [0.2, 0.25) is 0 Å². The zero-order valence-electron chi connectivity index (χ0n) is 7.31. The van der Waals surface area contributed by atoms with Gasteiger partial charge in [0.1, 0.15) is 0 Å². The van der Waals surface area contributed by atoms with Crippen LogP contribution in [0.1, 0.15) is 38.5 Å². The third kappa shape index (κ3) is 5.08. The van der Waals surface area contributed by atoms with Crippen LogP contribution in [0.3, 0.4) is 0 Å². The van der Waals surface area contributed by atoms with Crippen molar-refractivity contribution in [2.75, 3.05) is 6.54 Å². The highest BCUT2D eigenvalue weighted by molar-refractivity contribution is 6.38. The van der Waals surface area contributed by atoms with Gasteiger partial charge in [0, 0.05) is 0 Å². The van der Waals surface area contributed by atoms with Crippen LogP contribution in [0.5, 0.6) is 0 Å². The molecule has 0 spiro atoms. The second-order valence-corrected chi connectivity index (χ2v) is 3.23. The number of rotatable bonds is 0. The largest absolute Gasteiger partial charge is 0.355 e. The van der Waals surface area contributed by atoms with Crippen molar-refractivity contribution in [1.29, 1.82) is 0 Å². The van der Waals surface area contributed by atoms with Crippen molar-refractivity contribution in [3.63, 3.8) is 0 Å². The predicted octanol–water partition coefficient (Wildman–Crippen LogP) is 1.80. The fraction of sp³-hybridized carbons (Fsp3) is 0.778. The topological polar surface area (TPSA) is 12.0 Å². The molecule has 0 aromatic heterocycles. The molecular weight excluding hydrogens is 133 g/mol. The molecule has 0 bridgehead atoms. The van der Waals surface area contributed by atoms with E-state index in [1.54, 1.807) is 0 Å².